The maximum atomic E-state index is 12.4. The molecule has 84 valence electrons. The van der Waals surface area contributed by atoms with Crippen molar-refractivity contribution in [2.75, 3.05) is 0 Å². The van der Waals surface area contributed by atoms with Gasteiger partial charge in [0.05, 0.1) is 0 Å². The van der Waals surface area contributed by atoms with Crippen LogP contribution in [0.1, 0.15) is 26.7 Å². The molecule has 0 rings (SSSR count). The first-order valence-corrected chi connectivity index (χ1v) is 4.33. The van der Waals surface area contributed by atoms with Gasteiger partial charge in [-0.05, 0) is 12.8 Å². The van der Waals surface area contributed by atoms with Crippen molar-refractivity contribution in [3.8, 4) is 0 Å². The first-order valence-electron chi connectivity index (χ1n) is 4.33. The highest BCUT2D eigenvalue weighted by atomic mass is 19.3. The molecule has 0 radical (unpaired) electrons. The summed E-state index contributed by atoms with van der Waals surface area (Å²) in [4.78, 5) is 10.7. The molecule has 0 aliphatic rings. The van der Waals surface area contributed by atoms with Crippen molar-refractivity contribution < 1.29 is 22.4 Å². The molecule has 0 aromatic heterocycles. The van der Waals surface area contributed by atoms with Crippen molar-refractivity contribution in [1.29, 1.82) is 0 Å². The van der Waals surface area contributed by atoms with Crippen LogP contribution in [0.2, 0.25) is 0 Å². The minimum Gasteiger partial charge on any atom is -0.348 e. The van der Waals surface area contributed by atoms with Gasteiger partial charge in [0.2, 0.25) is 0 Å². The van der Waals surface area contributed by atoms with E-state index in [0.29, 0.717) is 12.8 Å². The van der Waals surface area contributed by atoms with Gasteiger partial charge in [0.15, 0.2) is 0 Å². The number of alkyl halides is 4. The smallest absolute Gasteiger partial charge is 0.348 e. The molecule has 0 heterocycles. The highest BCUT2D eigenvalue weighted by molar-refractivity contribution is 5.84. The predicted octanol–water partition coefficient (Wildman–Crippen LogP) is 2.19. The largest absolute Gasteiger partial charge is 0.383 e. The number of nitrogens with one attached hydrogen (secondary N) is 1. The Hall–Kier alpha value is -0.810. The van der Waals surface area contributed by atoms with E-state index in [-0.39, 0.29) is 0 Å². The number of hydrogen-bond donors (Lipinski definition) is 1. The highest BCUT2D eigenvalue weighted by Crippen LogP contribution is 2.23. The number of rotatable bonds is 5. The molecule has 0 fully saturated rings. The topological polar surface area (TPSA) is 29.1 Å². The van der Waals surface area contributed by atoms with Gasteiger partial charge in [-0.2, -0.15) is 8.78 Å². The van der Waals surface area contributed by atoms with Crippen LogP contribution in [0.5, 0.6) is 0 Å². The molecule has 14 heavy (non-hydrogen) atoms. The lowest BCUT2D eigenvalue weighted by molar-refractivity contribution is -0.170. The van der Waals surface area contributed by atoms with Crippen LogP contribution in [0, 0.1) is 0 Å². The Morgan fingerprint density at radius 3 is 2.00 bits per heavy atom. The van der Waals surface area contributed by atoms with E-state index >= 15 is 0 Å². The van der Waals surface area contributed by atoms with Gasteiger partial charge in [-0.3, -0.25) is 4.79 Å². The molecular weight excluding hydrogens is 202 g/mol. The van der Waals surface area contributed by atoms with Crippen LogP contribution in [0.3, 0.4) is 0 Å². The molecular formula is C8H13F4NO. The van der Waals surface area contributed by atoms with E-state index in [4.69, 9.17) is 0 Å². The minimum atomic E-state index is -4.59. The van der Waals surface area contributed by atoms with E-state index in [1.807, 2.05) is 5.32 Å². The summed E-state index contributed by atoms with van der Waals surface area (Å²) in [6.45, 7) is 3.35. The second kappa shape index (κ2) is 5.17. The normalized spacial score (nSPS) is 12.3. The molecule has 1 N–H and O–H groups in total. The Kier molecular flexibility index (Phi) is 4.87. The SMILES string of the molecule is CCC(CC)NC(=O)C(F)(F)C(F)F. The van der Waals surface area contributed by atoms with Crippen LogP contribution in [0.15, 0.2) is 0 Å². The quantitative estimate of drug-likeness (QED) is 0.700. The zero-order chi connectivity index (χ0) is 11.4. The summed E-state index contributed by atoms with van der Waals surface area (Å²) in [6, 6.07) is -0.480. The van der Waals surface area contributed by atoms with Crippen molar-refractivity contribution in [1.82, 2.24) is 5.32 Å². The number of hydrogen-bond acceptors (Lipinski definition) is 1. The fourth-order valence-corrected chi connectivity index (χ4v) is 0.874. The monoisotopic (exact) mass is 215 g/mol. The number of carbonyl (C=O) groups is 1. The lowest BCUT2D eigenvalue weighted by Crippen LogP contribution is -2.48. The van der Waals surface area contributed by atoms with Gasteiger partial charge in [-0.25, -0.2) is 8.78 Å². The molecule has 0 aromatic carbocycles. The zero-order valence-corrected chi connectivity index (χ0v) is 7.99. The fourth-order valence-electron chi connectivity index (χ4n) is 0.874. The van der Waals surface area contributed by atoms with Gasteiger partial charge >= 0.3 is 12.3 Å². The molecule has 0 aliphatic heterocycles. The van der Waals surface area contributed by atoms with Gasteiger partial charge in [-0.1, -0.05) is 13.8 Å². The van der Waals surface area contributed by atoms with Gasteiger partial charge in [-0.15, -0.1) is 0 Å². The Labute approximate surface area is 79.7 Å². The van der Waals surface area contributed by atoms with E-state index in [1.165, 1.54) is 0 Å². The maximum absolute atomic E-state index is 12.4. The summed E-state index contributed by atoms with van der Waals surface area (Å²) < 4.78 is 48.2. The number of halogens is 4. The Balaban J connectivity index is 4.33. The molecule has 1 amide bonds. The standard InChI is InChI=1S/C8H13F4NO/c1-3-5(4-2)13-7(14)8(11,12)6(9)10/h5-6H,3-4H2,1-2H3,(H,13,14). The van der Waals surface area contributed by atoms with Crippen molar-refractivity contribution in [3.63, 3.8) is 0 Å². The van der Waals surface area contributed by atoms with E-state index in [1.54, 1.807) is 13.8 Å². The summed E-state index contributed by atoms with van der Waals surface area (Å²) in [5.41, 5.74) is 0. The minimum absolute atomic E-state index is 0.432. The zero-order valence-electron chi connectivity index (χ0n) is 7.99. The molecule has 0 atom stereocenters. The molecule has 2 nitrogen and oxygen atoms in total. The molecule has 0 aromatic rings. The van der Waals surface area contributed by atoms with Gasteiger partial charge in [0.1, 0.15) is 0 Å². The lowest BCUT2D eigenvalue weighted by atomic mass is 10.1. The van der Waals surface area contributed by atoms with E-state index < -0.39 is 24.3 Å². The molecule has 0 saturated carbocycles. The van der Waals surface area contributed by atoms with Crippen molar-refractivity contribution >= 4 is 5.91 Å². The average Bonchev–Trinajstić information content (AvgIpc) is 2.13. The first kappa shape index (κ1) is 13.2. The van der Waals surface area contributed by atoms with Crippen molar-refractivity contribution in [2.45, 2.75) is 45.1 Å². The van der Waals surface area contributed by atoms with Crippen LogP contribution in [-0.4, -0.2) is 24.3 Å². The highest BCUT2D eigenvalue weighted by Gasteiger charge is 2.49. The summed E-state index contributed by atoms with van der Waals surface area (Å²) in [7, 11) is 0. The van der Waals surface area contributed by atoms with E-state index in [9.17, 15) is 22.4 Å². The second-order valence-corrected chi connectivity index (χ2v) is 2.91. The van der Waals surface area contributed by atoms with Gasteiger partial charge < -0.3 is 5.32 Å². The Bertz CT molecular complexity index is 192. The lowest BCUT2D eigenvalue weighted by Gasteiger charge is -2.19. The predicted molar refractivity (Wildman–Crippen MR) is 43.5 cm³/mol. The van der Waals surface area contributed by atoms with Crippen molar-refractivity contribution in [3.05, 3.63) is 0 Å². The third-order valence-corrected chi connectivity index (χ3v) is 1.90. The summed E-state index contributed by atoms with van der Waals surface area (Å²) in [5.74, 6) is -6.50. The van der Waals surface area contributed by atoms with E-state index in [2.05, 4.69) is 0 Å². The van der Waals surface area contributed by atoms with Crippen LogP contribution < -0.4 is 5.32 Å². The number of carbonyl (C=O) groups excluding carboxylic acids is 1. The third kappa shape index (κ3) is 3.16. The van der Waals surface area contributed by atoms with Crippen LogP contribution in [-0.2, 0) is 4.79 Å². The molecule has 6 heteroatoms. The second-order valence-electron chi connectivity index (χ2n) is 2.91. The Morgan fingerprint density at radius 1 is 1.29 bits per heavy atom. The third-order valence-electron chi connectivity index (χ3n) is 1.90. The van der Waals surface area contributed by atoms with Crippen LogP contribution in [0.25, 0.3) is 0 Å². The molecule has 0 aliphatic carbocycles. The number of amides is 1. The van der Waals surface area contributed by atoms with Crippen molar-refractivity contribution in [2.24, 2.45) is 0 Å². The maximum Gasteiger partial charge on any atom is 0.383 e. The summed E-state index contributed by atoms with van der Waals surface area (Å²) >= 11 is 0. The van der Waals surface area contributed by atoms with E-state index in [0.717, 1.165) is 0 Å². The van der Waals surface area contributed by atoms with Crippen LogP contribution >= 0.6 is 0 Å². The summed E-state index contributed by atoms with van der Waals surface area (Å²) in [5, 5.41) is 1.87. The van der Waals surface area contributed by atoms with Crippen LogP contribution in [0.4, 0.5) is 17.6 Å². The molecule has 0 unspecified atom stereocenters. The molecule has 0 spiro atoms. The molecule has 0 saturated heterocycles. The summed E-state index contributed by atoms with van der Waals surface area (Å²) in [6.07, 6.45) is -3.10. The Morgan fingerprint density at radius 2 is 1.71 bits per heavy atom. The molecule has 0 bridgehead atoms. The van der Waals surface area contributed by atoms with Gasteiger partial charge in [0, 0.05) is 6.04 Å². The first-order chi connectivity index (χ1) is 6.36. The average molecular weight is 215 g/mol. The fraction of sp³-hybridized carbons (Fsp3) is 0.875. The van der Waals surface area contributed by atoms with Gasteiger partial charge in [0.25, 0.3) is 5.91 Å².